The largest absolute Gasteiger partial charge is 0.369 e. The molecular weight excluding hydrogens is 279 g/mol. The molecule has 1 heterocycles. The van der Waals surface area contributed by atoms with Crippen molar-refractivity contribution in [2.24, 2.45) is 0 Å². The Morgan fingerprint density at radius 3 is 2.84 bits per heavy atom. The van der Waals surface area contributed by atoms with Crippen LogP contribution in [0.25, 0.3) is 0 Å². The van der Waals surface area contributed by atoms with Crippen LogP contribution in [0.15, 0.2) is 12.1 Å². The summed E-state index contributed by atoms with van der Waals surface area (Å²) in [7, 11) is 0. The van der Waals surface area contributed by atoms with Gasteiger partial charge in [-0.2, -0.15) is 0 Å². The summed E-state index contributed by atoms with van der Waals surface area (Å²) < 4.78 is 0. The Morgan fingerprint density at radius 2 is 2.11 bits per heavy atom. The number of aryl methyl sites for hydroxylation is 1. The van der Waals surface area contributed by atoms with Gasteiger partial charge in [-0.05, 0) is 50.4 Å². The fourth-order valence-corrected chi connectivity index (χ4v) is 3.08. The van der Waals surface area contributed by atoms with Crippen molar-refractivity contribution in [3.8, 4) is 0 Å². The van der Waals surface area contributed by atoms with Gasteiger partial charge in [0.05, 0.1) is 10.7 Å². The van der Waals surface area contributed by atoms with Gasteiger partial charge in [-0.25, -0.2) is 0 Å². The summed E-state index contributed by atoms with van der Waals surface area (Å²) in [4.78, 5) is 2.35. The number of piperidine rings is 1. The van der Waals surface area contributed by atoms with Gasteiger partial charge >= 0.3 is 0 Å². The molecule has 106 valence electrons. The maximum atomic E-state index is 6.37. The lowest BCUT2D eigenvalue weighted by atomic mass is 10.0. The number of benzene rings is 1. The van der Waals surface area contributed by atoms with E-state index in [-0.39, 0.29) is 0 Å². The third-order valence-electron chi connectivity index (χ3n) is 3.67. The normalized spacial score (nSPS) is 19.8. The van der Waals surface area contributed by atoms with Crippen LogP contribution in [0.5, 0.6) is 0 Å². The van der Waals surface area contributed by atoms with E-state index in [1.54, 1.807) is 0 Å². The van der Waals surface area contributed by atoms with E-state index in [1.807, 2.05) is 19.1 Å². The van der Waals surface area contributed by atoms with Crippen molar-refractivity contribution >= 4 is 28.9 Å². The molecule has 2 rings (SSSR count). The summed E-state index contributed by atoms with van der Waals surface area (Å²) in [5.41, 5.74) is 2.10. The summed E-state index contributed by atoms with van der Waals surface area (Å²) >= 11 is 12.6. The van der Waals surface area contributed by atoms with Crippen LogP contribution in [0.4, 0.5) is 5.69 Å². The third-order valence-corrected chi connectivity index (χ3v) is 4.38. The zero-order chi connectivity index (χ0) is 13.8. The van der Waals surface area contributed by atoms with Gasteiger partial charge in [0.15, 0.2) is 0 Å². The third kappa shape index (κ3) is 3.77. The number of nitrogens with one attached hydrogen (secondary N) is 1. The molecule has 19 heavy (non-hydrogen) atoms. The molecule has 2 nitrogen and oxygen atoms in total. The number of anilines is 1. The summed E-state index contributed by atoms with van der Waals surface area (Å²) in [5.74, 6) is 0. The van der Waals surface area contributed by atoms with Crippen LogP contribution in [-0.2, 0) is 0 Å². The van der Waals surface area contributed by atoms with Gasteiger partial charge in [-0.3, -0.25) is 0 Å². The van der Waals surface area contributed by atoms with Crippen LogP contribution in [0.3, 0.4) is 0 Å². The molecule has 1 aliphatic heterocycles. The van der Waals surface area contributed by atoms with E-state index in [0.717, 1.165) is 40.9 Å². The van der Waals surface area contributed by atoms with Crippen molar-refractivity contribution in [2.45, 2.75) is 39.2 Å². The van der Waals surface area contributed by atoms with Crippen molar-refractivity contribution in [1.29, 1.82) is 0 Å². The van der Waals surface area contributed by atoms with Crippen molar-refractivity contribution in [3.05, 3.63) is 27.7 Å². The molecular formula is C15H22Cl2N2. The maximum absolute atomic E-state index is 6.37. The van der Waals surface area contributed by atoms with Crippen LogP contribution < -0.4 is 10.2 Å². The molecule has 0 amide bonds. The lowest BCUT2D eigenvalue weighted by molar-refractivity contribution is 0.423. The van der Waals surface area contributed by atoms with E-state index in [1.165, 1.54) is 19.3 Å². The quantitative estimate of drug-likeness (QED) is 0.893. The molecule has 1 atom stereocenters. The van der Waals surface area contributed by atoms with Crippen LogP contribution in [-0.4, -0.2) is 25.7 Å². The second-order valence-electron chi connectivity index (χ2n) is 5.29. The zero-order valence-corrected chi connectivity index (χ0v) is 13.2. The second-order valence-corrected chi connectivity index (χ2v) is 6.11. The lowest BCUT2D eigenvalue weighted by Crippen LogP contribution is -2.46. The monoisotopic (exact) mass is 300 g/mol. The number of hydrogen-bond acceptors (Lipinski definition) is 2. The average molecular weight is 301 g/mol. The standard InChI is InChI=1S/C15H22Cl2N2/c1-3-6-18-12-5-4-7-19(10-12)15-9-13(16)11(2)8-14(15)17/h8-9,12,18H,3-7,10H2,1-2H3. The van der Waals surface area contributed by atoms with Crippen LogP contribution in [0, 0.1) is 6.92 Å². The summed E-state index contributed by atoms with van der Waals surface area (Å²) in [6.45, 7) is 7.34. The van der Waals surface area contributed by atoms with Crippen LogP contribution >= 0.6 is 23.2 Å². The average Bonchev–Trinajstić information content (AvgIpc) is 2.41. The van der Waals surface area contributed by atoms with Crippen molar-refractivity contribution in [1.82, 2.24) is 5.32 Å². The molecule has 4 heteroatoms. The van der Waals surface area contributed by atoms with E-state index in [2.05, 4.69) is 17.1 Å². The van der Waals surface area contributed by atoms with E-state index < -0.39 is 0 Å². The van der Waals surface area contributed by atoms with Crippen LogP contribution in [0.2, 0.25) is 10.0 Å². The molecule has 1 fully saturated rings. The van der Waals surface area contributed by atoms with E-state index in [0.29, 0.717) is 6.04 Å². The first-order valence-corrected chi connectivity index (χ1v) is 7.81. The molecule has 0 spiro atoms. The highest BCUT2D eigenvalue weighted by Gasteiger charge is 2.21. The van der Waals surface area contributed by atoms with E-state index in [4.69, 9.17) is 23.2 Å². The highest BCUT2D eigenvalue weighted by atomic mass is 35.5. The summed E-state index contributed by atoms with van der Waals surface area (Å²) in [6, 6.07) is 4.52. The highest BCUT2D eigenvalue weighted by molar-refractivity contribution is 6.35. The summed E-state index contributed by atoms with van der Waals surface area (Å²) in [6.07, 6.45) is 3.62. The topological polar surface area (TPSA) is 15.3 Å². The SMILES string of the molecule is CCCNC1CCCN(c2cc(Cl)c(C)cc2Cl)C1. The molecule has 0 aromatic heterocycles. The van der Waals surface area contributed by atoms with Gasteiger partial charge in [-0.15, -0.1) is 0 Å². The number of rotatable bonds is 4. The van der Waals surface area contributed by atoms with Gasteiger partial charge in [0.25, 0.3) is 0 Å². The Balaban J connectivity index is 2.10. The number of hydrogen-bond donors (Lipinski definition) is 1. The van der Waals surface area contributed by atoms with Gasteiger partial charge in [0.1, 0.15) is 0 Å². The molecule has 1 aromatic rings. The Kier molecular flexibility index (Phi) is 5.37. The van der Waals surface area contributed by atoms with E-state index in [9.17, 15) is 0 Å². The maximum Gasteiger partial charge on any atom is 0.0643 e. The number of nitrogens with zero attached hydrogens (tertiary/aromatic N) is 1. The predicted octanol–water partition coefficient (Wildman–Crippen LogP) is 4.27. The molecule has 1 aliphatic rings. The fourth-order valence-electron chi connectivity index (χ4n) is 2.59. The first-order chi connectivity index (χ1) is 9.11. The second kappa shape index (κ2) is 6.83. The molecule has 0 radical (unpaired) electrons. The smallest absolute Gasteiger partial charge is 0.0643 e. The molecule has 1 saturated heterocycles. The minimum atomic E-state index is 0.560. The lowest BCUT2D eigenvalue weighted by Gasteiger charge is -2.35. The van der Waals surface area contributed by atoms with Crippen molar-refractivity contribution in [3.63, 3.8) is 0 Å². The fraction of sp³-hybridized carbons (Fsp3) is 0.600. The minimum Gasteiger partial charge on any atom is -0.369 e. The first-order valence-electron chi connectivity index (χ1n) is 7.05. The molecule has 1 N–H and O–H groups in total. The predicted molar refractivity (Wildman–Crippen MR) is 84.7 cm³/mol. The molecule has 1 aromatic carbocycles. The zero-order valence-electron chi connectivity index (χ0n) is 11.7. The van der Waals surface area contributed by atoms with Gasteiger partial charge < -0.3 is 10.2 Å². The van der Waals surface area contributed by atoms with E-state index >= 15 is 0 Å². The first kappa shape index (κ1) is 15.0. The molecule has 0 aliphatic carbocycles. The molecule has 0 bridgehead atoms. The van der Waals surface area contributed by atoms with Crippen molar-refractivity contribution < 1.29 is 0 Å². The molecule has 0 saturated carbocycles. The highest BCUT2D eigenvalue weighted by Crippen LogP contribution is 2.33. The molecule has 1 unspecified atom stereocenters. The Bertz CT molecular complexity index is 434. The Hall–Kier alpha value is -0.440. The van der Waals surface area contributed by atoms with Crippen LogP contribution in [0.1, 0.15) is 31.7 Å². The van der Waals surface area contributed by atoms with Gasteiger partial charge in [0, 0.05) is 24.2 Å². The van der Waals surface area contributed by atoms with Crippen molar-refractivity contribution in [2.75, 3.05) is 24.5 Å². The Morgan fingerprint density at radius 1 is 1.32 bits per heavy atom. The number of halogens is 2. The van der Waals surface area contributed by atoms with Gasteiger partial charge in [-0.1, -0.05) is 30.1 Å². The minimum absolute atomic E-state index is 0.560. The Labute approximate surface area is 126 Å². The van der Waals surface area contributed by atoms with Gasteiger partial charge in [0.2, 0.25) is 0 Å². The summed E-state index contributed by atoms with van der Waals surface area (Å²) in [5, 5.41) is 5.20.